The van der Waals surface area contributed by atoms with Crippen molar-refractivity contribution in [1.29, 1.82) is 0 Å². The summed E-state index contributed by atoms with van der Waals surface area (Å²) in [6.07, 6.45) is 9.11. The molecule has 19 heavy (non-hydrogen) atoms. The summed E-state index contributed by atoms with van der Waals surface area (Å²) in [5, 5.41) is 3.51. The number of ether oxygens (including phenoxy) is 1. The van der Waals surface area contributed by atoms with E-state index in [9.17, 15) is 4.79 Å². The Bertz CT molecular complexity index is 326. The molecule has 0 aromatic heterocycles. The zero-order valence-electron chi connectivity index (χ0n) is 11.9. The predicted molar refractivity (Wildman–Crippen MR) is 73.9 cm³/mol. The van der Waals surface area contributed by atoms with Crippen molar-refractivity contribution in [2.45, 2.75) is 76.2 Å². The van der Waals surface area contributed by atoms with Crippen LogP contribution < -0.4 is 5.32 Å². The fraction of sp³-hybridized carbons (Fsp3) is 0.933. The van der Waals surface area contributed by atoms with E-state index >= 15 is 0 Å². The third kappa shape index (κ3) is 2.95. The van der Waals surface area contributed by atoms with E-state index in [0.717, 1.165) is 38.8 Å². The van der Waals surface area contributed by atoms with Crippen molar-refractivity contribution in [1.82, 2.24) is 10.2 Å². The molecule has 3 saturated heterocycles. The normalized spacial score (nSPS) is 36.3. The van der Waals surface area contributed by atoms with Crippen molar-refractivity contribution in [3.63, 3.8) is 0 Å². The van der Waals surface area contributed by atoms with E-state index in [-0.39, 0.29) is 11.9 Å². The predicted octanol–water partition coefficient (Wildman–Crippen LogP) is 1.69. The van der Waals surface area contributed by atoms with E-state index in [4.69, 9.17) is 4.74 Å². The van der Waals surface area contributed by atoms with Crippen LogP contribution in [0, 0.1) is 0 Å². The topological polar surface area (TPSA) is 41.6 Å². The SMILES string of the molecule is CC(NC1CC2CCC1O2)C(=O)N1CCCCCC1. The maximum Gasteiger partial charge on any atom is 0.239 e. The third-order valence-electron chi connectivity index (χ3n) is 4.86. The lowest BCUT2D eigenvalue weighted by Crippen LogP contribution is -2.51. The number of likely N-dealkylation sites (tertiary alicyclic amines) is 1. The maximum absolute atomic E-state index is 12.5. The number of carbonyl (C=O) groups is 1. The molecule has 3 heterocycles. The third-order valence-corrected chi connectivity index (χ3v) is 4.86. The monoisotopic (exact) mass is 266 g/mol. The Balaban J connectivity index is 1.51. The first-order chi connectivity index (χ1) is 9.24. The molecule has 3 fully saturated rings. The molecular weight excluding hydrogens is 240 g/mol. The molecule has 0 saturated carbocycles. The zero-order valence-corrected chi connectivity index (χ0v) is 11.9. The van der Waals surface area contributed by atoms with Gasteiger partial charge in [0.1, 0.15) is 0 Å². The van der Waals surface area contributed by atoms with E-state index in [1.54, 1.807) is 0 Å². The Hall–Kier alpha value is -0.610. The van der Waals surface area contributed by atoms with Gasteiger partial charge in [0.25, 0.3) is 0 Å². The number of hydrogen-bond acceptors (Lipinski definition) is 3. The number of fused-ring (bicyclic) bond motifs is 2. The average molecular weight is 266 g/mol. The Morgan fingerprint density at radius 3 is 2.53 bits per heavy atom. The van der Waals surface area contributed by atoms with Crippen LogP contribution in [0.1, 0.15) is 51.9 Å². The largest absolute Gasteiger partial charge is 0.373 e. The zero-order chi connectivity index (χ0) is 13.2. The molecule has 4 atom stereocenters. The number of nitrogens with zero attached hydrogens (tertiary/aromatic N) is 1. The Labute approximate surface area is 115 Å². The van der Waals surface area contributed by atoms with E-state index < -0.39 is 0 Å². The molecule has 4 heteroatoms. The van der Waals surface area contributed by atoms with Crippen molar-refractivity contribution < 1.29 is 9.53 Å². The van der Waals surface area contributed by atoms with Gasteiger partial charge in [0.15, 0.2) is 0 Å². The standard InChI is InChI=1S/C15H26N2O2/c1-11(15(18)17-8-4-2-3-5-9-17)16-13-10-12-6-7-14(13)19-12/h11-14,16H,2-10H2,1H3. The number of carbonyl (C=O) groups excluding carboxylic acids is 1. The van der Waals surface area contributed by atoms with Crippen molar-refractivity contribution in [3.05, 3.63) is 0 Å². The van der Waals surface area contributed by atoms with Crippen LogP contribution in [0.5, 0.6) is 0 Å². The molecule has 0 radical (unpaired) electrons. The summed E-state index contributed by atoms with van der Waals surface area (Å²) >= 11 is 0. The second-order valence-corrected chi connectivity index (χ2v) is 6.34. The van der Waals surface area contributed by atoms with E-state index in [2.05, 4.69) is 10.2 Å². The minimum atomic E-state index is -0.0638. The van der Waals surface area contributed by atoms with Crippen LogP contribution in [0.25, 0.3) is 0 Å². The smallest absolute Gasteiger partial charge is 0.239 e. The summed E-state index contributed by atoms with van der Waals surface area (Å²) in [6, 6.07) is 0.329. The van der Waals surface area contributed by atoms with Gasteiger partial charge >= 0.3 is 0 Å². The van der Waals surface area contributed by atoms with Gasteiger partial charge < -0.3 is 15.0 Å². The van der Waals surface area contributed by atoms with Crippen LogP contribution in [0.3, 0.4) is 0 Å². The lowest BCUT2D eigenvalue weighted by Gasteiger charge is -2.28. The van der Waals surface area contributed by atoms with Gasteiger partial charge in [-0.05, 0) is 39.0 Å². The molecule has 0 spiro atoms. The van der Waals surface area contributed by atoms with Crippen molar-refractivity contribution >= 4 is 5.91 Å². The van der Waals surface area contributed by atoms with Crippen LogP contribution in [-0.4, -0.2) is 48.2 Å². The fourth-order valence-corrected chi connectivity index (χ4v) is 3.77. The van der Waals surface area contributed by atoms with Gasteiger partial charge in [0, 0.05) is 19.1 Å². The first kappa shape index (κ1) is 13.4. The Morgan fingerprint density at radius 1 is 1.21 bits per heavy atom. The second-order valence-electron chi connectivity index (χ2n) is 6.34. The second kappa shape index (κ2) is 5.80. The molecule has 3 rings (SSSR count). The summed E-state index contributed by atoms with van der Waals surface area (Å²) in [5.41, 5.74) is 0. The van der Waals surface area contributed by atoms with Crippen LogP contribution in [-0.2, 0) is 9.53 Å². The Morgan fingerprint density at radius 2 is 1.95 bits per heavy atom. The van der Waals surface area contributed by atoms with Gasteiger partial charge in [0.2, 0.25) is 5.91 Å². The molecule has 4 nitrogen and oxygen atoms in total. The number of hydrogen-bond donors (Lipinski definition) is 1. The van der Waals surface area contributed by atoms with Gasteiger partial charge in [-0.15, -0.1) is 0 Å². The lowest BCUT2D eigenvalue weighted by molar-refractivity contribution is -0.133. The number of nitrogens with one attached hydrogen (secondary N) is 1. The molecule has 3 aliphatic rings. The van der Waals surface area contributed by atoms with Gasteiger partial charge in [-0.25, -0.2) is 0 Å². The molecule has 1 amide bonds. The first-order valence-corrected chi connectivity index (χ1v) is 7.94. The van der Waals surface area contributed by atoms with Crippen LogP contribution in [0.15, 0.2) is 0 Å². The van der Waals surface area contributed by atoms with Gasteiger partial charge in [-0.2, -0.15) is 0 Å². The molecule has 0 aromatic carbocycles. The highest BCUT2D eigenvalue weighted by molar-refractivity contribution is 5.81. The lowest BCUT2D eigenvalue weighted by atomic mass is 9.95. The van der Waals surface area contributed by atoms with Crippen LogP contribution in [0.4, 0.5) is 0 Å². The molecule has 3 aliphatic heterocycles. The van der Waals surface area contributed by atoms with Crippen molar-refractivity contribution in [2.24, 2.45) is 0 Å². The van der Waals surface area contributed by atoms with Gasteiger partial charge in [0.05, 0.1) is 18.2 Å². The highest BCUT2D eigenvalue weighted by atomic mass is 16.5. The summed E-state index contributed by atoms with van der Waals surface area (Å²) < 4.78 is 5.84. The molecular formula is C15H26N2O2. The number of rotatable bonds is 3. The van der Waals surface area contributed by atoms with Gasteiger partial charge in [-0.1, -0.05) is 12.8 Å². The molecule has 4 unspecified atom stereocenters. The van der Waals surface area contributed by atoms with E-state index in [1.165, 1.54) is 19.3 Å². The molecule has 0 aromatic rings. The first-order valence-electron chi connectivity index (χ1n) is 7.94. The van der Waals surface area contributed by atoms with E-state index in [1.807, 2.05) is 6.92 Å². The maximum atomic E-state index is 12.5. The molecule has 2 bridgehead atoms. The summed E-state index contributed by atoms with van der Waals surface area (Å²) in [4.78, 5) is 14.5. The van der Waals surface area contributed by atoms with Crippen molar-refractivity contribution in [3.8, 4) is 0 Å². The highest BCUT2D eigenvalue weighted by Crippen LogP contribution is 2.34. The average Bonchev–Trinajstić information content (AvgIpc) is 2.91. The van der Waals surface area contributed by atoms with Crippen molar-refractivity contribution in [2.75, 3.05) is 13.1 Å². The minimum absolute atomic E-state index is 0.0638. The summed E-state index contributed by atoms with van der Waals surface area (Å²) in [7, 11) is 0. The molecule has 108 valence electrons. The van der Waals surface area contributed by atoms with Crippen LogP contribution >= 0.6 is 0 Å². The molecule has 0 aliphatic carbocycles. The molecule has 1 N–H and O–H groups in total. The minimum Gasteiger partial charge on any atom is -0.373 e. The van der Waals surface area contributed by atoms with E-state index in [0.29, 0.717) is 18.2 Å². The van der Waals surface area contributed by atoms with Crippen LogP contribution in [0.2, 0.25) is 0 Å². The fourth-order valence-electron chi connectivity index (χ4n) is 3.77. The highest BCUT2D eigenvalue weighted by Gasteiger charge is 2.41. The summed E-state index contributed by atoms with van der Waals surface area (Å²) in [5.74, 6) is 0.282. The summed E-state index contributed by atoms with van der Waals surface area (Å²) in [6.45, 7) is 3.90. The van der Waals surface area contributed by atoms with Gasteiger partial charge in [-0.3, -0.25) is 4.79 Å². The Kier molecular flexibility index (Phi) is 4.08. The number of amides is 1. The quantitative estimate of drug-likeness (QED) is 0.845.